The number of rotatable bonds is 2. The molecule has 0 saturated carbocycles. The topological polar surface area (TPSA) is 38.0 Å². The molecule has 0 radical (unpaired) electrons. The van der Waals surface area contributed by atoms with Gasteiger partial charge in [0, 0.05) is 6.04 Å². The van der Waals surface area contributed by atoms with E-state index in [2.05, 4.69) is 12.2 Å². The molecule has 2 nitrogen and oxygen atoms in total. The molecular weight excluding hydrogens is 172 g/mol. The maximum atomic E-state index is 5.78. The van der Waals surface area contributed by atoms with Crippen LogP contribution in [0.25, 0.3) is 0 Å². The van der Waals surface area contributed by atoms with Crippen LogP contribution in [0.5, 0.6) is 0 Å². The van der Waals surface area contributed by atoms with Crippen LogP contribution < -0.4 is 11.1 Å². The van der Waals surface area contributed by atoms with Gasteiger partial charge in [-0.25, -0.2) is 0 Å². The summed E-state index contributed by atoms with van der Waals surface area (Å²) in [7, 11) is 1.91. The predicted molar refractivity (Wildman–Crippen MR) is 53.3 cm³/mol. The van der Waals surface area contributed by atoms with Crippen LogP contribution in [0.3, 0.4) is 0 Å². The van der Waals surface area contributed by atoms with Gasteiger partial charge in [0.05, 0.1) is 10.7 Å². The molecule has 1 aromatic carbocycles. The molecule has 1 aromatic rings. The molecule has 1 unspecified atom stereocenters. The van der Waals surface area contributed by atoms with Crippen LogP contribution in [0.15, 0.2) is 18.2 Å². The molecule has 0 aliphatic carbocycles. The van der Waals surface area contributed by atoms with Crippen molar-refractivity contribution in [2.75, 3.05) is 12.8 Å². The van der Waals surface area contributed by atoms with E-state index in [1.165, 1.54) is 0 Å². The highest BCUT2D eigenvalue weighted by molar-refractivity contribution is 6.33. The summed E-state index contributed by atoms with van der Waals surface area (Å²) in [5.41, 5.74) is 7.44. The molecule has 3 heteroatoms. The smallest absolute Gasteiger partial charge is 0.0635 e. The second-order valence-electron chi connectivity index (χ2n) is 2.79. The number of nitrogens with two attached hydrogens (primary N) is 1. The van der Waals surface area contributed by atoms with Gasteiger partial charge in [0.2, 0.25) is 0 Å². The highest BCUT2D eigenvalue weighted by Crippen LogP contribution is 2.22. The number of benzene rings is 1. The lowest BCUT2D eigenvalue weighted by molar-refractivity contribution is 0.652. The van der Waals surface area contributed by atoms with Crippen LogP contribution in [0.1, 0.15) is 18.5 Å². The molecule has 0 amide bonds. The molecule has 0 bridgehead atoms. The molecule has 0 aromatic heterocycles. The van der Waals surface area contributed by atoms with Crippen LogP contribution in [0.2, 0.25) is 5.02 Å². The summed E-state index contributed by atoms with van der Waals surface area (Å²) < 4.78 is 0. The van der Waals surface area contributed by atoms with Gasteiger partial charge in [-0.1, -0.05) is 17.7 Å². The Bertz CT molecular complexity index is 273. The zero-order chi connectivity index (χ0) is 9.14. The molecule has 66 valence electrons. The monoisotopic (exact) mass is 184 g/mol. The number of nitrogen functional groups attached to an aromatic ring is 1. The number of hydrogen-bond acceptors (Lipinski definition) is 2. The van der Waals surface area contributed by atoms with E-state index in [1.54, 1.807) is 0 Å². The third kappa shape index (κ3) is 1.90. The van der Waals surface area contributed by atoms with Crippen LogP contribution in [0, 0.1) is 0 Å². The molecule has 0 aliphatic heterocycles. The van der Waals surface area contributed by atoms with Crippen LogP contribution >= 0.6 is 11.6 Å². The zero-order valence-corrected chi connectivity index (χ0v) is 8.02. The Labute approximate surface area is 77.7 Å². The fraction of sp³-hybridized carbons (Fsp3) is 0.333. The molecule has 0 saturated heterocycles. The van der Waals surface area contributed by atoms with Gasteiger partial charge >= 0.3 is 0 Å². The van der Waals surface area contributed by atoms with E-state index in [1.807, 2.05) is 25.2 Å². The first-order valence-corrected chi connectivity index (χ1v) is 4.25. The van der Waals surface area contributed by atoms with Crippen molar-refractivity contribution in [1.29, 1.82) is 0 Å². The molecular formula is C9H13ClN2. The minimum atomic E-state index is 0.310. The predicted octanol–water partition coefficient (Wildman–Crippen LogP) is 2.20. The minimum absolute atomic E-state index is 0.310. The summed E-state index contributed by atoms with van der Waals surface area (Å²) in [6, 6.07) is 5.99. The summed E-state index contributed by atoms with van der Waals surface area (Å²) in [5.74, 6) is 0. The minimum Gasteiger partial charge on any atom is -0.398 e. The van der Waals surface area contributed by atoms with E-state index in [0.717, 1.165) is 5.56 Å². The number of nitrogens with one attached hydrogen (secondary N) is 1. The second-order valence-corrected chi connectivity index (χ2v) is 3.20. The van der Waals surface area contributed by atoms with Gasteiger partial charge < -0.3 is 11.1 Å². The molecule has 1 atom stereocenters. The molecule has 0 aliphatic rings. The maximum Gasteiger partial charge on any atom is 0.0635 e. The summed E-state index contributed by atoms with van der Waals surface area (Å²) in [4.78, 5) is 0. The zero-order valence-electron chi connectivity index (χ0n) is 7.26. The highest BCUT2D eigenvalue weighted by Gasteiger charge is 2.03. The normalized spacial score (nSPS) is 12.9. The molecule has 0 fully saturated rings. The van der Waals surface area contributed by atoms with E-state index < -0.39 is 0 Å². The number of halogens is 1. The lowest BCUT2D eigenvalue weighted by Crippen LogP contribution is -2.12. The molecule has 12 heavy (non-hydrogen) atoms. The SMILES string of the molecule is CNC(C)c1ccc(Cl)c(N)c1. The van der Waals surface area contributed by atoms with Gasteiger partial charge in [-0.15, -0.1) is 0 Å². The van der Waals surface area contributed by atoms with Gasteiger partial charge in [-0.3, -0.25) is 0 Å². The van der Waals surface area contributed by atoms with Gasteiger partial charge in [0.1, 0.15) is 0 Å². The van der Waals surface area contributed by atoms with Crippen molar-refractivity contribution in [1.82, 2.24) is 5.32 Å². The van der Waals surface area contributed by atoms with Gasteiger partial charge in [0.25, 0.3) is 0 Å². The standard InChI is InChI=1S/C9H13ClN2/c1-6(12-2)7-3-4-8(10)9(11)5-7/h3-6,12H,11H2,1-2H3. The van der Waals surface area contributed by atoms with Gasteiger partial charge in [0.15, 0.2) is 0 Å². The largest absolute Gasteiger partial charge is 0.398 e. The third-order valence-corrected chi connectivity index (χ3v) is 2.30. The summed E-state index contributed by atoms with van der Waals surface area (Å²) in [6.07, 6.45) is 0. The van der Waals surface area contributed by atoms with Crippen molar-refractivity contribution in [2.24, 2.45) is 0 Å². The molecule has 0 spiro atoms. The molecule has 1 rings (SSSR count). The first kappa shape index (κ1) is 9.36. The quantitative estimate of drug-likeness (QED) is 0.692. The molecule has 3 N–H and O–H groups in total. The van der Waals surface area contributed by atoms with Crippen molar-refractivity contribution in [3.63, 3.8) is 0 Å². The first-order chi connectivity index (χ1) is 5.65. The average Bonchev–Trinajstić information content (AvgIpc) is 2.08. The Morgan fingerprint density at radius 3 is 2.67 bits per heavy atom. The van der Waals surface area contributed by atoms with E-state index >= 15 is 0 Å². The van der Waals surface area contributed by atoms with Crippen molar-refractivity contribution in [3.05, 3.63) is 28.8 Å². The summed E-state index contributed by atoms with van der Waals surface area (Å²) in [6.45, 7) is 2.07. The van der Waals surface area contributed by atoms with Gasteiger partial charge in [-0.2, -0.15) is 0 Å². The second kappa shape index (κ2) is 3.78. The Balaban J connectivity index is 2.96. The van der Waals surface area contributed by atoms with Crippen molar-refractivity contribution in [3.8, 4) is 0 Å². The van der Waals surface area contributed by atoms with E-state index in [0.29, 0.717) is 16.8 Å². The Kier molecular flexibility index (Phi) is 2.95. The fourth-order valence-electron chi connectivity index (χ4n) is 0.998. The van der Waals surface area contributed by atoms with Crippen molar-refractivity contribution < 1.29 is 0 Å². The first-order valence-electron chi connectivity index (χ1n) is 3.87. The van der Waals surface area contributed by atoms with Crippen LogP contribution in [-0.4, -0.2) is 7.05 Å². The Morgan fingerprint density at radius 1 is 1.50 bits per heavy atom. The number of anilines is 1. The number of hydrogen-bond donors (Lipinski definition) is 2. The van der Waals surface area contributed by atoms with Crippen molar-refractivity contribution in [2.45, 2.75) is 13.0 Å². The van der Waals surface area contributed by atoms with Crippen LogP contribution in [0.4, 0.5) is 5.69 Å². The van der Waals surface area contributed by atoms with E-state index in [-0.39, 0.29) is 0 Å². The van der Waals surface area contributed by atoms with Crippen molar-refractivity contribution >= 4 is 17.3 Å². The average molecular weight is 185 g/mol. The Hall–Kier alpha value is -0.730. The lowest BCUT2D eigenvalue weighted by atomic mass is 10.1. The fourth-order valence-corrected chi connectivity index (χ4v) is 1.12. The summed E-state index contributed by atoms with van der Waals surface area (Å²) >= 11 is 5.78. The highest BCUT2D eigenvalue weighted by atomic mass is 35.5. The Morgan fingerprint density at radius 2 is 2.17 bits per heavy atom. The molecule has 0 heterocycles. The summed E-state index contributed by atoms with van der Waals surface area (Å²) in [5, 5.41) is 3.74. The van der Waals surface area contributed by atoms with Gasteiger partial charge in [-0.05, 0) is 31.7 Å². The van der Waals surface area contributed by atoms with E-state index in [4.69, 9.17) is 17.3 Å². The van der Waals surface area contributed by atoms with E-state index in [9.17, 15) is 0 Å². The third-order valence-electron chi connectivity index (χ3n) is 1.95. The lowest BCUT2D eigenvalue weighted by Gasteiger charge is -2.11. The van der Waals surface area contributed by atoms with Crippen LogP contribution in [-0.2, 0) is 0 Å². The maximum absolute atomic E-state index is 5.78.